The third-order valence-electron chi connectivity index (χ3n) is 4.86. The largest absolute Gasteiger partial charge is 0.478 e. The summed E-state index contributed by atoms with van der Waals surface area (Å²) >= 11 is 24.8. The van der Waals surface area contributed by atoms with Crippen molar-refractivity contribution in [2.75, 3.05) is 10.6 Å². The fraction of sp³-hybridized carbons (Fsp3) is 0.0870. The smallest absolute Gasteiger partial charge is 0.338 e. The first kappa shape index (κ1) is 29.9. The summed E-state index contributed by atoms with van der Waals surface area (Å²) in [5.41, 5.74) is -2.23. The van der Waals surface area contributed by atoms with Crippen molar-refractivity contribution in [3.05, 3.63) is 84.8 Å². The van der Waals surface area contributed by atoms with Crippen LogP contribution in [0.3, 0.4) is 0 Å². The number of aromatic carboxylic acids is 1. The maximum Gasteiger partial charge on any atom is 0.338 e. The molecule has 0 aliphatic carbocycles. The molecule has 3 N–H and O–H groups in total. The minimum absolute atomic E-state index is 0.0192. The van der Waals surface area contributed by atoms with E-state index in [2.05, 4.69) is 5.32 Å². The molecule has 0 radical (unpaired) electrons. The monoisotopic (exact) mass is 628 g/mol. The van der Waals surface area contributed by atoms with Crippen molar-refractivity contribution in [2.45, 2.75) is 17.1 Å². The number of nitrogens with one attached hydrogen (secondary N) is 2. The quantitative estimate of drug-likeness (QED) is 0.107. The Bertz CT molecular complexity index is 1450. The molecule has 6 nitrogen and oxygen atoms in total. The maximum absolute atomic E-state index is 13.8. The molecule has 0 spiro atoms. The fourth-order valence-electron chi connectivity index (χ4n) is 3.02. The van der Waals surface area contributed by atoms with Crippen LogP contribution in [0.15, 0.2) is 35.2 Å². The van der Waals surface area contributed by atoms with Crippen molar-refractivity contribution in [3.8, 4) is 0 Å². The number of rotatable bonds is 7. The van der Waals surface area contributed by atoms with Gasteiger partial charge in [-0.05, 0) is 31.2 Å². The van der Waals surface area contributed by atoms with Gasteiger partial charge in [0.15, 0.2) is 23.3 Å². The molecule has 0 aromatic heterocycles. The number of carboxylic acid groups (broad SMARTS) is 1. The van der Waals surface area contributed by atoms with Gasteiger partial charge in [0.1, 0.15) is 5.69 Å². The summed E-state index contributed by atoms with van der Waals surface area (Å²) in [5, 5.41) is 11.2. The molecule has 0 fully saturated rings. The Morgan fingerprint density at radius 1 is 0.816 bits per heavy atom. The standard InChI is InChI=1S/C23H12Cl4F4N2O4S/c1-7(21(34)33-20-18(30)10(28)6-11(29)19(20)31)38-9-4-2-8(3-5-9)32-22(35)12-13(23(36)37)15(25)17(27)16(26)14(12)24/h2-7H,1H3,(H,32,35)(H,33,34)(H,36,37). The first-order valence-electron chi connectivity index (χ1n) is 10.1. The van der Waals surface area contributed by atoms with E-state index in [1.165, 1.54) is 31.2 Å². The van der Waals surface area contributed by atoms with Crippen LogP contribution in [0.25, 0.3) is 0 Å². The number of anilines is 2. The molecule has 38 heavy (non-hydrogen) atoms. The van der Waals surface area contributed by atoms with Crippen molar-refractivity contribution in [1.29, 1.82) is 0 Å². The van der Waals surface area contributed by atoms with Gasteiger partial charge < -0.3 is 15.7 Å². The molecule has 1 atom stereocenters. The second-order valence-corrected chi connectivity index (χ2v) is 10.3. The van der Waals surface area contributed by atoms with E-state index in [4.69, 9.17) is 46.4 Å². The van der Waals surface area contributed by atoms with E-state index in [-0.39, 0.29) is 21.8 Å². The number of amides is 2. The number of carbonyl (C=O) groups is 3. The van der Waals surface area contributed by atoms with Gasteiger partial charge in [-0.2, -0.15) is 0 Å². The van der Waals surface area contributed by atoms with Gasteiger partial charge in [0, 0.05) is 16.6 Å². The second kappa shape index (κ2) is 12.0. The average molecular weight is 630 g/mol. The zero-order valence-electron chi connectivity index (χ0n) is 18.6. The third-order valence-corrected chi connectivity index (χ3v) is 7.78. The molecular weight excluding hydrogens is 618 g/mol. The van der Waals surface area contributed by atoms with Crippen LogP contribution in [0, 0.1) is 23.3 Å². The summed E-state index contributed by atoms with van der Waals surface area (Å²) in [5.74, 6) is -10.3. The Morgan fingerprint density at radius 2 is 1.32 bits per heavy atom. The SMILES string of the molecule is CC(Sc1ccc(NC(=O)c2c(Cl)c(Cl)c(Cl)c(Cl)c2C(=O)O)cc1)C(=O)Nc1c(F)c(F)cc(F)c1F. The van der Waals surface area contributed by atoms with Gasteiger partial charge in [0.05, 0.1) is 36.5 Å². The number of thioether (sulfide) groups is 1. The van der Waals surface area contributed by atoms with E-state index in [1.54, 1.807) is 0 Å². The summed E-state index contributed by atoms with van der Waals surface area (Å²) in [6.07, 6.45) is 0. The van der Waals surface area contributed by atoms with Crippen molar-refractivity contribution in [1.82, 2.24) is 0 Å². The Hall–Kier alpha value is -2.70. The lowest BCUT2D eigenvalue weighted by molar-refractivity contribution is -0.115. The summed E-state index contributed by atoms with van der Waals surface area (Å²) in [7, 11) is 0. The number of hydrogen-bond donors (Lipinski definition) is 3. The van der Waals surface area contributed by atoms with E-state index in [0.29, 0.717) is 4.90 Å². The number of benzene rings is 3. The minimum Gasteiger partial charge on any atom is -0.478 e. The normalized spacial score (nSPS) is 11.7. The van der Waals surface area contributed by atoms with E-state index in [0.717, 1.165) is 11.8 Å². The highest BCUT2D eigenvalue weighted by atomic mass is 35.5. The molecule has 1 unspecified atom stereocenters. The molecule has 0 bridgehead atoms. The molecule has 0 saturated heterocycles. The zero-order chi connectivity index (χ0) is 28.5. The van der Waals surface area contributed by atoms with Crippen LogP contribution >= 0.6 is 58.2 Å². The lowest BCUT2D eigenvalue weighted by Gasteiger charge is -2.15. The predicted octanol–water partition coefficient (Wildman–Crippen LogP) is 7.93. The number of carboxylic acids is 1. The molecule has 0 saturated carbocycles. The lowest BCUT2D eigenvalue weighted by Crippen LogP contribution is -2.24. The van der Waals surface area contributed by atoms with E-state index in [1.807, 2.05) is 5.32 Å². The molecule has 0 aliphatic rings. The number of hydrogen-bond acceptors (Lipinski definition) is 4. The molecule has 3 rings (SSSR count). The molecule has 0 aliphatic heterocycles. The first-order valence-corrected chi connectivity index (χ1v) is 12.4. The van der Waals surface area contributed by atoms with E-state index < -0.39 is 73.2 Å². The topological polar surface area (TPSA) is 95.5 Å². The fourth-order valence-corrected chi connectivity index (χ4v) is 4.91. The van der Waals surface area contributed by atoms with Gasteiger partial charge in [-0.1, -0.05) is 46.4 Å². The van der Waals surface area contributed by atoms with E-state index in [9.17, 15) is 37.1 Å². The molecule has 15 heteroatoms. The summed E-state index contributed by atoms with van der Waals surface area (Å²) in [4.78, 5) is 37.3. The summed E-state index contributed by atoms with van der Waals surface area (Å²) in [6, 6.07) is 5.76. The molecule has 2 amide bonds. The van der Waals surface area contributed by atoms with Crippen molar-refractivity contribution < 1.29 is 37.1 Å². The molecule has 200 valence electrons. The van der Waals surface area contributed by atoms with Gasteiger partial charge in [0.25, 0.3) is 5.91 Å². The minimum atomic E-state index is -1.75. The van der Waals surface area contributed by atoms with Crippen LogP contribution in [0.2, 0.25) is 20.1 Å². The van der Waals surface area contributed by atoms with E-state index >= 15 is 0 Å². The number of carbonyl (C=O) groups excluding carboxylic acids is 2. The predicted molar refractivity (Wildman–Crippen MR) is 138 cm³/mol. The van der Waals surface area contributed by atoms with Crippen LogP contribution in [-0.2, 0) is 4.79 Å². The molecular formula is C23H12Cl4F4N2O4S. The van der Waals surface area contributed by atoms with Crippen molar-refractivity contribution in [3.63, 3.8) is 0 Å². The zero-order valence-corrected chi connectivity index (χ0v) is 22.4. The Labute approximate surface area is 236 Å². The van der Waals surface area contributed by atoms with Crippen molar-refractivity contribution >= 4 is 87.3 Å². The highest BCUT2D eigenvalue weighted by Crippen LogP contribution is 2.42. The lowest BCUT2D eigenvalue weighted by atomic mass is 10.1. The molecule has 0 heterocycles. The van der Waals surface area contributed by atoms with Crippen LogP contribution in [0.5, 0.6) is 0 Å². The second-order valence-electron chi connectivity index (χ2n) is 7.38. The first-order chi connectivity index (χ1) is 17.7. The van der Waals surface area contributed by atoms with Gasteiger partial charge in [0.2, 0.25) is 5.91 Å². The Balaban J connectivity index is 1.74. The van der Waals surface area contributed by atoms with Crippen molar-refractivity contribution in [2.24, 2.45) is 0 Å². The summed E-state index contributed by atoms with van der Waals surface area (Å²) < 4.78 is 54.4. The number of halogens is 8. The Morgan fingerprint density at radius 3 is 1.82 bits per heavy atom. The Kier molecular flexibility index (Phi) is 9.43. The summed E-state index contributed by atoms with van der Waals surface area (Å²) in [6.45, 7) is 1.38. The third kappa shape index (κ3) is 6.13. The maximum atomic E-state index is 13.8. The average Bonchev–Trinajstić information content (AvgIpc) is 2.86. The van der Waals surface area contributed by atoms with Crippen LogP contribution in [-0.4, -0.2) is 28.1 Å². The highest BCUT2D eigenvalue weighted by molar-refractivity contribution is 8.00. The highest BCUT2D eigenvalue weighted by Gasteiger charge is 2.29. The van der Waals surface area contributed by atoms with Crippen LogP contribution in [0.1, 0.15) is 27.6 Å². The van der Waals surface area contributed by atoms with Crippen LogP contribution in [0.4, 0.5) is 28.9 Å². The van der Waals surface area contributed by atoms with Gasteiger partial charge in [-0.25, -0.2) is 22.4 Å². The van der Waals surface area contributed by atoms with Gasteiger partial charge in [-0.15, -0.1) is 11.8 Å². The molecule has 3 aromatic rings. The van der Waals surface area contributed by atoms with Crippen LogP contribution < -0.4 is 10.6 Å². The van der Waals surface area contributed by atoms with Gasteiger partial charge in [-0.3, -0.25) is 9.59 Å². The molecule has 3 aromatic carbocycles. The van der Waals surface area contributed by atoms with Gasteiger partial charge >= 0.3 is 5.97 Å².